The standard InChI is InChI=1S/C40H40N2O2/c1-6-41-32-24-22-28-16-12-14-18-30(28)37(32)39(2,3)34(41)20-10-8-7-9-11-21-35-40(4,5)38-31-19-15-13-17-29(31)23-25-33(38)42(35)27-26-36(43)44/h7-25H,6,26-27H2,1-5H3/p+1. The predicted octanol–water partition coefficient (Wildman–Crippen LogP) is 9.21. The molecule has 0 unspecified atom stereocenters. The van der Waals surface area contributed by atoms with E-state index < -0.39 is 5.97 Å². The number of hydrogen-bond acceptors (Lipinski definition) is 2. The van der Waals surface area contributed by atoms with Crippen LogP contribution in [0.4, 0.5) is 11.4 Å². The molecule has 4 nitrogen and oxygen atoms in total. The van der Waals surface area contributed by atoms with E-state index in [4.69, 9.17) is 0 Å². The van der Waals surface area contributed by atoms with Gasteiger partial charge in [-0.25, -0.2) is 0 Å². The summed E-state index contributed by atoms with van der Waals surface area (Å²) in [5.41, 5.74) is 7.08. The SMILES string of the molecule is CCN1/C(=C/C=C/C=C/C=C/C2=[N+](CCC(=O)O)c3ccc4ccccc4c3C2(C)C)C(C)(C)c2c1ccc1ccccc21. The molecule has 0 aliphatic carbocycles. The van der Waals surface area contributed by atoms with Gasteiger partial charge in [-0.3, -0.25) is 4.79 Å². The number of allylic oxidation sites excluding steroid dienone is 8. The Labute approximate surface area is 260 Å². The highest BCUT2D eigenvalue weighted by Gasteiger charge is 2.45. The fraction of sp³-hybridized carbons (Fsp3) is 0.250. The summed E-state index contributed by atoms with van der Waals surface area (Å²) in [5.74, 6) is -0.789. The van der Waals surface area contributed by atoms with Gasteiger partial charge in [0.25, 0.3) is 0 Å². The number of carboxylic acid groups (broad SMARTS) is 1. The van der Waals surface area contributed by atoms with E-state index in [0.717, 1.165) is 17.9 Å². The van der Waals surface area contributed by atoms with E-state index in [-0.39, 0.29) is 17.3 Å². The van der Waals surface area contributed by atoms with E-state index in [0.29, 0.717) is 6.54 Å². The molecule has 2 aliphatic heterocycles. The minimum atomic E-state index is -0.789. The van der Waals surface area contributed by atoms with Crippen molar-refractivity contribution in [2.45, 2.75) is 51.9 Å². The molecule has 4 heteroatoms. The zero-order valence-electron chi connectivity index (χ0n) is 26.3. The van der Waals surface area contributed by atoms with Gasteiger partial charge in [0.2, 0.25) is 5.69 Å². The second kappa shape index (κ2) is 11.4. The zero-order chi connectivity index (χ0) is 31.1. The van der Waals surface area contributed by atoms with Crippen LogP contribution in [0.15, 0.2) is 121 Å². The number of nitrogens with zero attached hydrogens (tertiary/aromatic N) is 2. The molecule has 222 valence electrons. The first-order valence-electron chi connectivity index (χ1n) is 15.6. The average molecular weight is 582 g/mol. The van der Waals surface area contributed by atoms with Crippen LogP contribution >= 0.6 is 0 Å². The topological polar surface area (TPSA) is 43.5 Å². The van der Waals surface area contributed by atoms with Gasteiger partial charge in [0, 0.05) is 41.1 Å². The molecule has 0 saturated carbocycles. The second-order valence-corrected chi connectivity index (χ2v) is 12.7. The lowest BCUT2D eigenvalue weighted by Gasteiger charge is -2.26. The summed E-state index contributed by atoms with van der Waals surface area (Å²) in [6, 6.07) is 25.9. The van der Waals surface area contributed by atoms with Gasteiger partial charge >= 0.3 is 5.97 Å². The number of anilines is 1. The van der Waals surface area contributed by atoms with Crippen molar-refractivity contribution in [1.29, 1.82) is 0 Å². The molecular weight excluding hydrogens is 540 g/mol. The van der Waals surface area contributed by atoms with Crippen LogP contribution in [0.5, 0.6) is 0 Å². The average Bonchev–Trinajstić information content (AvgIpc) is 3.37. The normalized spacial score (nSPS) is 18.1. The Hall–Kier alpha value is -4.70. The van der Waals surface area contributed by atoms with E-state index >= 15 is 0 Å². The first kappa shape index (κ1) is 29.4. The molecule has 0 atom stereocenters. The summed E-state index contributed by atoms with van der Waals surface area (Å²) in [6.07, 6.45) is 14.9. The predicted molar refractivity (Wildman–Crippen MR) is 185 cm³/mol. The van der Waals surface area contributed by atoms with E-state index in [1.165, 1.54) is 44.1 Å². The summed E-state index contributed by atoms with van der Waals surface area (Å²) in [4.78, 5) is 14.0. The Bertz CT molecular complexity index is 1930. The molecule has 0 bridgehead atoms. The molecular formula is C40H41N2O2+. The summed E-state index contributed by atoms with van der Waals surface area (Å²) in [7, 11) is 0. The first-order chi connectivity index (χ1) is 21.2. The Morgan fingerprint density at radius 1 is 0.773 bits per heavy atom. The third-order valence-corrected chi connectivity index (χ3v) is 9.33. The maximum Gasteiger partial charge on any atom is 0.309 e. The van der Waals surface area contributed by atoms with Gasteiger partial charge in [0.1, 0.15) is 6.42 Å². The summed E-state index contributed by atoms with van der Waals surface area (Å²) in [5, 5.41) is 14.5. The number of hydrogen-bond donors (Lipinski definition) is 1. The van der Waals surface area contributed by atoms with Gasteiger partial charge in [-0.05, 0) is 66.1 Å². The van der Waals surface area contributed by atoms with Crippen LogP contribution in [0, 0.1) is 0 Å². The van der Waals surface area contributed by atoms with Crippen LogP contribution < -0.4 is 4.90 Å². The third kappa shape index (κ3) is 4.89. The van der Waals surface area contributed by atoms with Gasteiger partial charge < -0.3 is 10.0 Å². The molecule has 4 aromatic rings. The van der Waals surface area contributed by atoms with Crippen molar-refractivity contribution in [3.8, 4) is 0 Å². The Morgan fingerprint density at radius 2 is 1.39 bits per heavy atom. The molecule has 2 aliphatic rings. The smallest absolute Gasteiger partial charge is 0.309 e. The lowest BCUT2D eigenvalue weighted by molar-refractivity contribution is -0.436. The summed E-state index contributed by atoms with van der Waals surface area (Å²) >= 11 is 0. The van der Waals surface area contributed by atoms with Crippen molar-refractivity contribution in [1.82, 2.24) is 0 Å². The zero-order valence-corrected chi connectivity index (χ0v) is 26.3. The highest BCUT2D eigenvalue weighted by molar-refractivity contribution is 6.07. The molecule has 0 fully saturated rings. The monoisotopic (exact) mass is 581 g/mol. The van der Waals surface area contributed by atoms with Crippen LogP contribution in [0.3, 0.4) is 0 Å². The van der Waals surface area contributed by atoms with E-state index in [2.05, 4.69) is 153 Å². The van der Waals surface area contributed by atoms with Crippen LogP contribution in [0.25, 0.3) is 21.5 Å². The van der Waals surface area contributed by atoms with Gasteiger partial charge in [-0.15, -0.1) is 0 Å². The molecule has 6 rings (SSSR count). The highest BCUT2D eigenvalue weighted by atomic mass is 16.4. The van der Waals surface area contributed by atoms with Crippen molar-refractivity contribution >= 4 is 44.6 Å². The fourth-order valence-corrected chi connectivity index (χ4v) is 7.35. The molecule has 1 N–H and O–H groups in total. The molecule has 0 saturated heterocycles. The number of rotatable bonds is 8. The maximum atomic E-state index is 11.5. The number of fused-ring (bicyclic) bond motifs is 6. The molecule has 0 radical (unpaired) electrons. The quantitative estimate of drug-likeness (QED) is 0.167. The van der Waals surface area contributed by atoms with Crippen LogP contribution in [-0.4, -0.2) is 34.5 Å². The van der Waals surface area contributed by atoms with Crippen molar-refractivity contribution < 1.29 is 14.5 Å². The highest BCUT2D eigenvalue weighted by Crippen LogP contribution is 2.50. The van der Waals surface area contributed by atoms with Gasteiger partial charge in [-0.2, -0.15) is 4.58 Å². The second-order valence-electron chi connectivity index (χ2n) is 12.7. The summed E-state index contributed by atoms with van der Waals surface area (Å²) < 4.78 is 2.18. The van der Waals surface area contributed by atoms with Gasteiger partial charge in [0.15, 0.2) is 12.3 Å². The van der Waals surface area contributed by atoms with Crippen molar-refractivity contribution in [3.63, 3.8) is 0 Å². The van der Waals surface area contributed by atoms with Crippen LogP contribution in [0.2, 0.25) is 0 Å². The van der Waals surface area contributed by atoms with Crippen LogP contribution in [-0.2, 0) is 15.6 Å². The van der Waals surface area contributed by atoms with Gasteiger partial charge in [-0.1, -0.05) is 98.8 Å². The Balaban J connectivity index is 1.26. The van der Waals surface area contributed by atoms with Gasteiger partial charge in [0.05, 0.1) is 5.41 Å². The third-order valence-electron chi connectivity index (χ3n) is 9.33. The van der Waals surface area contributed by atoms with E-state index in [1.807, 2.05) is 6.08 Å². The Morgan fingerprint density at radius 3 is 2.07 bits per heavy atom. The number of likely N-dealkylation sites (N-methyl/N-ethyl adjacent to an activating group) is 1. The molecule has 2 heterocycles. The maximum absolute atomic E-state index is 11.5. The molecule has 4 aromatic carbocycles. The number of carboxylic acids is 1. The molecule has 44 heavy (non-hydrogen) atoms. The Kier molecular flexibility index (Phi) is 7.63. The number of aliphatic carboxylic acids is 1. The van der Waals surface area contributed by atoms with Crippen molar-refractivity contribution in [2.24, 2.45) is 0 Å². The minimum Gasteiger partial charge on any atom is -0.481 e. The molecule has 0 spiro atoms. The van der Waals surface area contributed by atoms with Crippen LogP contribution in [0.1, 0.15) is 52.2 Å². The number of carbonyl (C=O) groups is 1. The number of benzene rings is 4. The first-order valence-corrected chi connectivity index (χ1v) is 15.6. The molecule has 0 amide bonds. The van der Waals surface area contributed by atoms with E-state index in [1.54, 1.807) is 0 Å². The van der Waals surface area contributed by atoms with Crippen molar-refractivity contribution in [2.75, 3.05) is 18.0 Å². The largest absolute Gasteiger partial charge is 0.481 e. The fourth-order valence-electron chi connectivity index (χ4n) is 7.35. The minimum absolute atomic E-state index is 0.0811. The van der Waals surface area contributed by atoms with E-state index in [9.17, 15) is 9.90 Å². The summed E-state index contributed by atoms with van der Waals surface area (Å²) in [6.45, 7) is 12.7. The van der Waals surface area contributed by atoms with Crippen molar-refractivity contribution in [3.05, 3.63) is 132 Å². The lowest BCUT2D eigenvalue weighted by atomic mass is 9.79. The molecule has 0 aromatic heterocycles. The lowest BCUT2D eigenvalue weighted by Crippen LogP contribution is -2.28.